The summed E-state index contributed by atoms with van der Waals surface area (Å²) in [5, 5.41) is 5.84. The summed E-state index contributed by atoms with van der Waals surface area (Å²) in [6, 6.07) is 69.8. The lowest BCUT2D eigenvalue weighted by atomic mass is 10.1. The van der Waals surface area contributed by atoms with Gasteiger partial charge in [0.15, 0.2) is 17.5 Å². The van der Waals surface area contributed by atoms with Gasteiger partial charge in [-0.2, -0.15) is 0 Å². The van der Waals surface area contributed by atoms with E-state index in [4.69, 9.17) is 20.7 Å². The Labute approximate surface area is 344 Å². The van der Waals surface area contributed by atoms with Crippen molar-refractivity contribution < 1.29 is 0 Å². The molecule has 4 heterocycles. The molecular formula is C53H35N7. The van der Waals surface area contributed by atoms with E-state index in [0.29, 0.717) is 23.3 Å². The highest BCUT2D eigenvalue weighted by Gasteiger charge is 2.20. The van der Waals surface area contributed by atoms with E-state index in [-0.39, 0.29) is 0 Å². The summed E-state index contributed by atoms with van der Waals surface area (Å²) in [7, 11) is 0. The first kappa shape index (κ1) is 33.8. The van der Waals surface area contributed by atoms with Crippen molar-refractivity contribution in [1.82, 2.24) is 28.7 Å². The van der Waals surface area contributed by atoms with Crippen LogP contribution in [0.15, 0.2) is 200 Å². The van der Waals surface area contributed by atoms with Gasteiger partial charge in [-0.3, -0.25) is 4.57 Å². The Morgan fingerprint density at radius 1 is 0.300 bits per heavy atom. The standard InChI is InChI=1S/C53H35N7/c54-50-31-37-30-43-41-23-10-13-26-46(41)59(40-27-28-47-44(32-40)42-24-11-12-25-45(42)58(47)38-20-8-3-9-21-38)49(43)33-48(37)60(50)39-22-14-19-36(29-39)53-56-51(34-15-4-1-5-16-34)55-52(57-53)35-17-6-2-7-18-35/h1-33H,54H2. The molecule has 7 heteroatoms. The van der Waals surface area contributed by atoms with Gasteiger partial charge in [0.05, 0.1) is 27.6 Å². The number of aromatic nitrogens is 6. The lowest BCUT2D eigenvalue weighted by Gasteiger charge is -2.13. The van der Waals surface area contributed by atoms with Crippen LogP contribution in [0.25, 0.3) is 106 Å². The van der Waals surface area contributed by atoms with Crippen molar-refractivity contribution in [3.8, 4) is 51.2 Å². The maximum Gasteiger partial charge on any atom is 0.164 e. The van der Waals surface area contributed by atoms with Gasteiger partial charge in [0.2, 0.25) is 0 Å². The van der Waals surface area contributed by atoms with Crippen LogP contribution in [0.2, 0.25) is 0 Å². The zero-order valence-electron chi connectivity index (χ0n) is 32.3. The minimum Gasteiger partial charge on any atom is -0.385 e. The van der Waals surface area contributed by atoms with E-state index in [1.807, 2.05) is 72.8 Å². The fourth-order valence-electron chi connectivity index (χ4n) is 8.94. The molecule has 60 heavy (non-hydrogen) atoms. The van der Waals surface area contributed by atoms with E-state index in [0.717, 1.165) is 55.7 Å². The molecule has 0 fully saturated rings. The zero-order chi connectivity index (χ0) is 39.7. The highest BCUT2D eigenvalue weighted by atomic mass is 15.1. The number of nitrogen functional groups attached to an aromatic ring is 1. The molecular weight excluding hydrogens is 735 g/mol. The van der Waals surface area contributed by atoms with Gasteiger partial charge in [0, 0.05) is 60.7 Å². The summed E-state index contributed by atoms with van der Waals surface area (Å²) in [6.07, 6.45) is 0. The highest BCUT2D eigenvalue weighted by molar-refractivity contribution is 6.15. The van der Waals surface area contributed by atoms with Crippen LogP contribution >= 0.6 is 0 Å². The molecule has 0 radical (unpaired) electrons. The molecule has 12 aromatic rings. The predicted molar refractivity (Wildman–Crippen MR) is 246 cm³/mol. The van der Waals surface area contributed by atoms with Gasteiger partial charge in [-0.25, -0.2) is 15.0 Å². The van der Waals surface area contributed by atoms with Gasteiger partial charge in [-0.1, -0.05) is 127 Å². The molecule has 0 bridgehead atoms. The Kier molecular flexibility index (Phi) is 7.55. The third-order valence-corrected chi connectivity index (χ3v) is 11.6. The first-order valence-corrected chi connectivity index (χ1v) is 20.1. The number of nitrogens with two attached hydrogens (primary N) is 1. The van der Waals surface area contributed by atoms with Crippen LogP contribution in [0.4, 0.5) is 5.82 Å². The second-order valence-corrected chi connectivity index (χ2v) is 15.2. The molecule has 0 aliphatic carbocycles. The number of para-hydroxylation sites is 3. The summed E-state index contributed by atoms with van der Waals surface area (Å²) in [5.74, 6) is 2.47. The molecule has 4 aromatic heterocycles. The molecule has 0 unspecified atom stereocenters. The molecule has 0 aliphatic rings. The Bertz CT molecular complexity index is 3540. The van der Waals surface area contributed by atoms with Crippen LogP contribution < -0.4 is 5.73 Å². The summed E-state index contributed by atoms with van der Waals surface area (Å²) in [6.45, 7) is 0. The average Bonchev–Trinajstić information content (AvgIpc) is 3.94. The van der Waals surface area contributed by atoms with Crippen molar-refractivity contribution in [1.29, 1.82) is 0 Å². The Balaban J connectivity index is 1.04. The van der Waals surface area contributed by atoms with E-state index in [9.17, 15) is 0 Å². The van der Waals surface area contributed by atoms with E-state index in [1.54, 1.807) is 0 Å². The predicted octanol–water partition coefficient (Wildman–Crippen LogP) is 12.6. The van der Waals surface area contributed by atoms with Crippen LogP contribution in [0.1, 0.15) is 0 Å². The molecule has 0 amide bonds. The summed E-state index contributed by atoms with van der Waals surface area (Å²) >= 11 is 0. The molecule has 12 rings (SSSR count). The van der Waals surface area contributed by atoms with E-state index in [1.165, 1.54) is 32.6 Å². The molecule has 282 valence electrons. The van der Waals surface area contributed by atoms with Crippen molar-refractivity contribution in [2.45, 2.75) is 0 Å². The lowest BCUT2D eigenvalue weighted by molar-refractivity contribution is 1.07. The molecule has 2 N–H and O–H groups in total. The van der Waals surface area contributed by atoms with Gasteiger partial charge >= 0.3 is 0 Å². The van der Waals surface area contributed by atoms with Crippen molar-refractivity contribution in [2.24, 2.45) is 0 Å². The Morgan fingerprint density at radius 3 is 1.43 bits per heavy atom. The van der Waals surface area contributed by atoms with E-state index < -0.39 is 0 Å². The van der Waals surface area contributed by atoms with Crippen molar-refractivity contribution >= 4 is 60.3 Å². The minimum atomic E-state index is 0.589. The molecule has 7 nitrogen and oxygen atoms in total. The summed E-state index contributed by atoms with van der Waals surface area (Å²) < 4.78 is 6.88. The smallest absolute Gasteiger partial charge is 0.164 e. The number of benzene rings is 8. The van der Waals surface area contributed by atoms with Gasteiger partial charge < -0.3 is 14.9 Å². The molecule has 0 spiro atoms. The molecule has 0 aliphatic heterocycles. The van der Waals surface area contributed by atoms with Crippen LogP contribution in [0, 0.1) is 0 Å². The van der Waals surface area contributed by atoms with Crippen LogP contribution in [-0.4, -0.2) is 28.7 Å². The fraction of sp³-hybridized carbons (Fsp3) is 0. The van der Waals surface area contributed by atoms with Crippen molar-refractivity contribution in [3.63, 3.8) is 0 Å². The maximum atomic E-state index is 6.95. The monoisotopic (exact) mass is 769 g/mol. The van der Waals surface area contributed by atoms with E-state index in [2.05, 4.69) is 141 Å². The largest absolute Gasteiger partial charge is 0.385 e. The van der Waals surface area contributed by atoms with Crippen LogP contribution in [-0.2, 0) is 0 Å². The second-order valence-electron chi connectivity index (χ2n) is 15.2. The highest BCUT2D eigenvalue weighted by Crippen LogP contribution is 2.40. The van der Waals surface area contributed by atoms with E-state index >= 15 is 0 Å². The lowest BCUT2D eigenvalue weighted by Crippen LogP contribution is -2.02. The number of fused-ring (bicyclic) bond motifs is 7. The fourth-order valence-corrected chi connectivity index (χ4v) is 8.94. The van der Waals surface area contributed by atoms with Crippen molar-refractivity contribution in [2.75, 3.05) is 5.73 Å². The van der Waals surface area contributed by atoms with Crippen LogP contribution in [0.5, 0.6) is 0 Å². The molecule has 0 atom stereocenters. The number of nitrogens with zero attached hydrogens (tertiary/aromatic N) is 6. The zero-order valence-corrected chi connectivity index (χ0v) is 32.3. The quantitative estimate of drug-likeness (QED) is 0.183. The Morgan fingerprint density at radius 2 is 0.783 bits per heavy atom. The third kappa shape index (κ3) is 5.33. The van der Waals surface area contributed by atoms with Crippen molar-refractivity contribution in [3.05, 3.63) is 200 Å². The number of rotatable bonds is 6. The number of hydrogen-bond donors (Lipinski definition) is 1. The third-order valence-electron chi connectivity index (χ3n) is 11.6. The average molecular weight is 770 g/mol. The topological polar surface area (TPSA) is 79.5 Å². The maximum absolute atomic E-state index is 6.95. The normalized spacial score (nSPS) is 11.7. The summed E-state index contributed by atoms with van der Waals surface area (Å²) in [5.41, 5.74) is 18.4. The first-order chi connectivity index (χ1) is 29.7. The summed E-state index contributed by atoms with van der Waals surface area (Å²) in [4.78, 5) is 14.9. The number of anilines is 1. The van der Waals surface area contributed by atoms with Gasteiger partial charge in [0.25, 0.3) is 0 Å². The van der Waals surface area contributed by atoms with Crippen LogP contribution in [0.3, 0.4) is 0 Å². The molecule has 0 saturated carbocycles. The Hall–Kier alpha value is -8.29. The second kappa shape index (κ2) is 13.4. The molecule has 8 aromatic carbocycles. The van der Waals surface area contributed by atoms with Gasteiger partial charge in [-0.05, 0) is 72.8 Å². The first-order valence-electron chi connectivity index (χ1n) is 20.1. The van der Waals surface area contributed by atoms with Gasteiger partial charge in [0.1, 0.15) is 5.82 Å². The number of hydrogen-bond acceptors (Lipinski definition) is 4. The SMILES string of the molecule is Nc1cc2cc3c4ccccc4n(-c4ccc5c(c4)c4ccccc4n5-c4ccccc4)c3cc2n1-c1cccc(-c2nc(-c3ccccc3)nc(-c3ccccc3)n2)c1. The minimum absolute atomic E-state index is 0.589. The van der Waals surface area contributed by atoms with Gasteiger partial charge in [-0.15, -0.1) is 0 Å². The molecule has 0 saturated heterocycles.